The maximum Gasteiger partial charge on any atom is 0.419 e. The number of benzene rings is 2. The number of carbonyl (C=O) groups is 1. The Labute approximate surface area is 251 Å². The second-order valence-electron chi connectivity index (χ2n) is 10.8. The van der Waals surface area contributed by atoms with Gasteiger partial charge in [-0.1, -0.05) is 6.07 Å². The number of piperidine rings is 1. The molecule has 1 saturated heterocycles. The highest BCUT2D eigenvalue weighted by Gasteiger charge is 2.35. The van der Waals surface area contributed by atoms with Crippen molar-refractivity contribution in [3.05, 3.63) is 93.9 Å². The summed E-state index contributed by atoms with van der Waals surface area (Å²) in [6.45, 7) is 5.91. The molecule has 1 fully saturated rings. The van der Waals surface area contributed by atoms with Crippen LogP contribution in [0.25, 0.3) is 16.7 Å². The molecule has 1 amide bonds. The summed E-state index contributed by atoms with van der Waals surface area (Å²) in [7, 11) is 0. The van der Waals surface area contributed by atoms with E-state index in [9.17, 15) is 27.2 Å². The number of carbonyl (C=O) groups excluding carboxylic acids is 1. The third kappa shape index (κ3) is 6.75. The van der Waals surface area contributed by atoms with Crippen LogP contribution in [0.2, 0.25) is 0 Å². The van der Waals surface area contributed by atoms with Gasteiger partial charge in [0.25, 0.3) is 5.56 Å². The quantitative estimate of drug-likeness (QED) is 0.253. The lowest BCUT2D eigenvalue weighted by molar-refractivity contribution is -0.140. The number of pyridine rings is 1. The number of fused-ring (bicyclic) bond motifs is 1. The van der Waals surface area contributed by atoms with Gasteiger partial charge in [0.05, 0.1) is 35.7 Å². The van der Waals surface area contributed by atoms with Crippen molar-refractivity contribution < 1.29 is 27.1 Å². The number of nitrogens with one attached hydrogen (secondary N) is 1. The molecule has 2 aromatic carbocycles. The number of hydrogen-bond acceptors (Lipinski definition) is 6. The molecule has 0 bridgehead atoms. The molecule has 2 aromatic heterocycles. The summed E-state index contributed by atoms with van der Waals surface area (Å²) in [6.07, 6.45) is -2.18. The molecular formula is C32H33F4N5O3. The Morgan fingerprint density at radius 3 is 2.55 bits per heavy atom. The van der Waals surface area contributed by atoms with Crippen molar-refractivity contribution in [2.75, 3.05) is 26.2 Å². The molecule has 232 valence electrons. The van der Waals surface area contributed by atoms with Crippen molar-refractivity contribution in [1.82, 2.24) is 24.8 Å². The minimum atomic E-state index is -4.90. The molecule has 0 saturated carbocycles. The lowest BCUT2D eigenvalue weighted by Gasteiger charge is -2.35. The predicted octanol–water partition coefficient (Wildman–Crippen LogP) is 5.47. The fourth-order valence-corrected chi connectivity index (χ4v) is 5.56. The zero-order chi connectivity index (χ0) is 31.4. The van der Waals surface area contributed by atoms with Crippen molar-refractivity contribution in [2.45, 2.75) is 45.3 Å². The molecule has 3 heterocycles. The maximum absolute atomic E-state index is 14.0. The molecule has 5 rings (SSSR count). The molecule has 0 spiro atoms. The molecule has 12 heteroatoms. The minimum absolute atomic E-state index is 0.0308. The van der Waals surface area contributed by atoms with Crippen molar-refractivity contribution in [3.63, 3.8) is 0 Å². The third-order valence-electron chi connectivity index (χ3n) is 7.84. The van der Waals surface area contributed by atoms with Crippen LogP contribution in [-0.2, 0) is 17.4 Å². The highest BCUT2D eigenvalue weighted by Crippen LogP contribution is 2.33. The Kier molecular flexibility index (Phi) is 9.28. The third-order valence-corrected chi connectivity index (χ3v) is 7.84. The lowest BCUT2D eigenvalue weighted by atomic mass is 9.96. The Morgan fingerprint density at radius 2 is 1.86 bits per heavy atom. The first-order valence-corrected chi connectivity index (χ1v) is 14.5. The van der Waals surface area contributed by atoms with E-state index < -0.39 is 35.9 Å². The summed E-state index contributed by atoms with van der Waals surface area (Å²) in [6, 6.07) is 12.0. The number of nitrogens with zero attached hydrogens (tertiary/aromatic N) is 4. The van der Waals surface area contributed by atoms with Crippen LogP contribution in [0.5, 0.6) is 5.75 Å². The highest BCUT2D eigenvalue weighted by molar-refractivity contribution is 5.79. The van der Waals surface area contributed by atoms with Crippen LogP contribution in [0.3, 0.4) is 0 Å². The van der Waals surface area contributed by atoms with Gasteiger partial charge in [0.2, 0.25) is 5.91 Å². The number of alkyl halides is 3. The number of amides is 1. The number of hydrogen-bond donors (Lipinski definition) is 1. The van der Waals surface area contributed by atoms with Crippen molar-refractivity contribution in [1.29, 1.82) is 0 Å². The van der Waals surface area contributed by atoms with Crippen LogP contribution >= 0.6 is 0 Å². The van der Waals surface area contributed by atoms with Gasteiger partial charge in [-0.05, 0) is 99.8 Å². The molecule has 1 aliphatic heterocycles. The lowest BCUT2D eigenvalue weighted by Crippen LogP contribution is -2.43. The van der Waals surface area contributed by atoms with Gasteiger partial charge >= 0.3 is 6.18 Å². The SMILES string of the molecule is CCOc1ccc(-n2c(C(C)N(CC3CCNCC3)C(=O)Cc3ccc(F)c(C(F)(F)F)c3)nc3ncccc3c2=O)cc1. The average Bonchev–Trinajstić information content (AvgIpc) is 3.01. The summed E-state index contributed by atoms with van der Waals surface area (Å²) in [5, 5.41) is 3.58. The monoisotopic (exact) mass is 611 g/mol. The summed E-state index contributed by atoms with van der Waals surface area (Å²) in [5.74, 6) is -0.881. The summed E-state index contributed by atoms with van der Waals surface area (Å²) in [5.41, 5.74) is -1.06. The summed E-state index contributed by atoms with van der Waals surface area (Å²) >= 11 is 0. The first-order chi connectivity index (χ1) is 21.1. The molecule has 44 heavy (non-hydrogen) atoms. The van der Waals surface area contributed by atoms with E-state index in [1.54, 1.807) is 48.2 Å². The van der Waals surface area contributed by atoms with E-state index in [-0.39, 0.29) is 28.5 Å². The van der Waals surface area contributed by atoms with Crippen LogP contribution in [0.15, 0.2) is 65.6 Å². The number of aromatic nitrogens is 3. The smallest absolute Gasteiger partial charge is 0.419 e. The van der Waals surface area contributed by atoms with Crippen LogP contribution < -0.4 is 15.6 Å². The van der Waals surface area contributed by atoms with Gasteiger partial charge in [0, 0.05) is 12.7 Å². The van der Waals surface area contributed by atoms with Gasteiger partial charge < -0.3 is 15.0 Å². The van der Waals surface area contributed by atoms with Gasteiger partial charge in [-0.2, -0.15) is 13.2 Å². The largest absolute Gasteiger partial charge is 0.494 e. The zero-order valence-electron chi connectivity index (χ0n) is 24.4. The standard InChI is InChI=1S/C32H33F4N5O3/c1-3-44-24-9-7-23(8-10-24)41-30(39-29-25(31(41)43)5-4-14-38-29)20(2)40(19-21-12-15-37-16-13-21)28(42)18-22-6-11-27(33)26(17-22)32(34,35)36/h4-11,14,17,20-21,37H,3,12-13,15-16,18-19H2,1-2H3. The van der Waals surface area contributed by atoms with Gasteiger partial charge in [0.1, 0.15) is 17.4 Å². The number of ether oxygens (including phenoxy) is 1. The molecule has 0 radical (unpaired) electrons. The fourth-order valence-electron chi connectivity index (χ4n) is 5.56. The molecule has 0 aliphatic carbocycles. The first-order valence-electron chi connectivity index (χ1n) is 14.5. The Bertz CT molecular complexity index is 1680. The number of halogens is 4. The molecule has 1 atom stereocenters. The fraction of sp³-hybridized carbons (Fsp3) is 0.375. The van der Waals surface area contributed by atoms with Crippen LogP contribution in [0.4, 0.5) is 17.6 Å². The van der Waals surface area contributed by atoms with Crippen molar-refractivity contribution >= 4 is 16.9 Å². The summed E-state index contributed by atoms with van der Waals surface area (Å²) < 4.78 is 61.3. The van der Waals surface area contributed by atoms with Gasteiger partial charge in [0.15, 0.2) is 5.65 Å². The Balaban J connectivity index is 1.58. The van der Waals surface area contributed by atoms with Crippen LogP contribution in [0.1, 0.15) is 49.7 Å². The molecule has 1 N–H and O–H groups in total. The van der Waals surface area contributed by atoms with Crippen LogP contribution in [-0.4, -0.2) is 51.6 Å². The van der Waals surface area contributed by atoms with Crippen molar-refractivity contribution in [2.24, 2.45) is 5.92 Å². The molecule has 1 unspecified atom stereocenters. The number of rotatable bonds is 9. The molecule has 4 aromatic rings. The Hall–Kier alpha value is -4.32. The topological polar surface area (TPSA) is 89.3 Å². The maximum atomic E-state index is 14.0. The van der Waals surface area contributed by atoms with E-state index in [1.807, 2.05) is 6.92 Å². The molecular weight excluding hydrogens is 578 g/mol. The van der Waals surface area contributed by atoms with Crippen LogP contribution in [0, 0.1) is 11.7 Å². The molecule has 8 nitrogen and oxygen atoms in total. The Morgan fingerprint density at radius 1 is 1.14 bits per heavy atom. The summed E-state index contributed by atoms with van der Waals surface area (Å²) in [4.78, 5) is 38.4. The highest BCUT2D eigenvalue weighted by atomic mass is 19.4. The van der Waals surface area contributed by atoms with Gasteiger partial charge in [-0.25, -0.2) is 14.4 Å². The van der Waals surface area contributed by atoms with E-state index in [0.717, 1.165) is 32.0 Å². The normalized spacial score (nSPS) is 14.9. The van der Waals surface area contributed by atoms with E-state index in [4.69, 9.17) is 9.72 Å². The minimum Gasteiger partial charge on any atom is -0.494 e. The van der Waals surface area contributed by atoms with E-state index in [1.165, 1.54) is 16.8 Å². The van der Waals surface area contributed by atoms with Gasteiger partial charge in [-0.15, -0.1) is 0 Å². The van der Waals surface area contributed by atoms with E-state index >= 15 is 0 Å². The second-order valence-corrected chi connectivity index (χ2v) is 10.8. The van der Waals surface area contributed by atoms with E-state index in [2.05, 4.69) is 10.3 Å². The average molecular weight is 612 g/mol. The molecule has 1 aliphatic rings. The van der Waals surface area contributed by atoms with Gasteiger partial charge in [-0.3, -0.25) is 14.2 Å². The zero-order valence-corrected chi connectivity index (χ0v) is 24.4. The van der Waals surface area contributed by atoms with E-state index in [0.29, 0.717) is 36.0 Å². The second kappa shape index (κ2) is 13.1. The predicted molar refractivity (Wildman–Crippen MR) is 157 cm³/mol. The van der Waals surface area contributed by atoms with Crippen molar-refractivity contribution in [3.8, 4) is 11.4 Å². The first kappa shape index (κ1) is 31.1.